The van der Waals surface area contributed by atoms with Crippen LogP contribution in [0.15, 0.2) is 42.7 Å². The first-order valence-corrected chi connectivity index (χ1v) is 11.0. The maximum absolute atomic E-state index is 12.4. The number of fused-ring (bicyclic) bond motifs is 1. The molecule has 164 valence electrons. The quantitative estimate of drug-likeness (QED) is 0.608. The number of hydrogen-bond donors (Lipinski definition) is 1. The first-order valence-electron chi connectivity index (χ1n) is 10.3. The summed E-state index contributed by atoms with van der Waals surface area (Å²) < 4.78 is 0. The van der Waals surface area contributed by atoms with Gasteiger partial charge < -0.3 is 14.9 Å². The van der Waals surface area contributed by atoms with E-state index in [4.69, 9.17) is 28.3 Å². The van der Waals surface area contributed by atoms with Crippen molar-refractivity contribution in [1.82, 2.24) is 14.9 Å². The lowest BCUT2D eigenvalue weighted by atomic mass is 10.0. The average molecular weight is 470 g/mol. The molecule has 1 saturated heterocycles. The number of hydrogen-bond acceptors (Lipinski definition) is 6. The Morgan fingerprint density at radius 1 is 1.19 bits per heavy atom. The van der Waals surface area contributed by atoms with Crippen LogP contribution in [0.1, 0.15) is 12.8 Å². The fourth-order valence-electron chi connectivity index (χ4n) is 3.92. The first-order chi connectivity index (χ1) is 15.5. The Hall–Kier alpha value is -2.92. The minimum Gasteiger partial charge on any atom is -0.396 e. The number of nitriles is 1. The number of benzene rings is 2. The fraction of sp³-hybridized carbons (Fsp3) is 0.304. The van der Waals surface area contributed by atoms with Crippen molar-refractivity contribution in [2.75, 3.05) is 31.1 Å². The Morgan fingerprint density at radius 3 is 2.69 bits per heavy atom. The molecule has 2 heterocycles. The van der Waals surface area contributed by atoms with Crippen LogP contribution in [0.5, 0.6) is 0 Å². The Labute approximate surface area is 195 Å². The van der Waals surface area contributed by atoms with E-state index in [-0.39, 0.29) is 18.9 Å². The standard InChI is InChI=1S/C23H21Cl2N5O2/c24-16-5-3-15(4-6-16)18-10-19-21(11-20(18)25)27-14-28-23(19)29-7-8-30(17(12-26)13-29)22(32)2-1-9-31/h3-6,10-11,14,17,31H,1-2,7-9,13H2. The van der Waals surface area contributed by atoms with Crippen LogP contribution in [0, 0.1) is 11.3 Å². The molecule has 32 heavy (non-hydrogen) atoms. The lowest BCUT2D eigenvalue weighted by Gasteiger charge is -2.39. The molecule has 4 rings (SSSR count). The molecule has 7 nitrogen and oxygen atoms in total. The molecule has 0 bridgehead atoms. The number of rotatable bonds is 5. The zero-order valence-electron chi connectivity index (χ0n) is 17.2. The fourth-order valence-corrected chi connectivity index (χ4v) is 4.32. The van der Waals surface area contributed by atoms with Crippen molar-refractivity contribution < 1.29 is 9.90 Å². The highest BCUT2D eigenvalue weighted by molar-refractivity contribution is 6.34. The predicted molar refractivity (Wildman–Crippen MR) is 125 cm³/mol. The summed E-state index contributed by atoms with van der Waals surface area (Å²) in [5.41, 5.74) is 2.46. The van der Waals surface area contributed by atoms with E-state index in [1.165, 1.54) is 6.33 Å². The zero-order chi connectivity index (χ0) is 22.7. The number of halogens is 2. The molecule has 1 amide bonds. The smallest absolute Gasteiger partial charge is 0.223 e. The van der Waals surface area contributed by atoms with Gasteiger partial charge in [-0.2, -0.15) is 5.26 Å². The highest BCUT2D eigenvalue weighted by Crippen LogP contribution is 2.35. The van der Waals surface area contributed by atoms with Crippen molar-refractivity contribution in [1.29, 1.82) is 5.26 Å². The number of aliphatic hydroxyl groups excluding tert-OH is 1. The monoisotopic (exact) mass is 469 g/mol. The molecule has 0 aliphatic carbocycles. The van der Waals surface area contributed by atoms with Crippen molar-refractivity contribution in [2.24, 2.45) is 0 Å². The Morgan fingerprint density at radius 2 is 1.97 bits per heavy atom. The van der Waals surface area contributed by atoms with Gasteiger partial charge in [-0.05, 0) is 36.2 Å². The number of carbonyl (C=O) groups is 1. The number of anilines is 1. The van der Waals surface area contributed by atoms with Crippen LogP contribution >= 0.6 is 23.2 Å². The molecule has 3 aromatic rings. The van der Waals surface area contributed by atoms with E-state index in [9.17, 15) is 10.1 Å². The van der Waals surface area contributed by atoms with Gasteiger partial charge >= 0.3 is 0 Å². The minimum atomic E-state index is -0.594. The van der Waals surface area contributed by atoms with E-state index in [1.807, 2.05) is 41.3 Å². The third-order valence-corrected chi connectivity index (χ3v) is 6.12. The number of amides is 1. The Kier molecular flexibility index (Phi) is 6.75. The van der Waals surface area contributed by atoms with Gasteiger partial charge in [-0.3, -0.25) is 4.79 Å². The molecule has 1 aliphatic heterocycles. The van der Waals surface area contributed by atoms with Crippen LogP contribution in [0.25, 0.3) is 22.0 Å². The van der Waals surface area contributed by atoms with Crippen LogP contribution < -0.4 is 4.90 Å². The molecular weight excluding hydrogens is 449 g/mol. The first kappa shape index (κ1) is 22.3. The summed E-state index contributed by atoms with van der Waals surface area (Å²) in [6.07, 6.45) is 2.10. The number of aromatic nitrogens is 2. The lowest BCUT2D eigenvalue weighted by Crippen LogP contribution is -2.55. The molecule has 0 radical (unpaired) electrons. The van der Waals surface area contributed by atoms with Crippen molar-refractivity contribution in [3.05, 3.63) is 52.8 Å². The number of nitrogens with zero attached hydrogens (tertiary/aromatic N) is 5. The summed E-state index contributed by atoms with van der Waals surface area (Å²) in [4.78, 5) is 24.9. The molecule has 1 aromatic heterocycles. The van der Waals surface area contributed by atoms with Crippen molar-refractivity contribution in [3.8, 4) is 17.2 Å². The van der Waals surface area contributed by atoms with E-state index in [2.05, 4.69) is 16.0 Å². The zero-order valence-corrected chi connectivity index (χ0v) is 18.7. The van der Waals surface area contributed by atoms with Gasteiger partial charge in [-0.1, -0.05) is 35.3 Å². The van der Waals surface area contributed by atoms with E-state index in [0.29, 0.717) is 47.4 Å². The highest BCUT2D eigenvalue weighted by atomic mass is 35.5. The van der Waals surface area contributed by atoms with Crippen molar-refractivity contribution in [2.45, 2.75) is 18.9 Å². The number of aliphatic hydroxyl groups is 1. The second kappa shape index (κ2) is 9.70. The van der Waals surface area contributed by atoms with Gasteiger partial charge in [0, 0.05) is 42.1 Å². The molecule has 9 heteroatoms. The summed E-state index contributed by atoms with van der Waals surface area (Å²) in [6.45, 7) is 1.24. The van der Waals surface area contributed by atoms with Crippen LogP contribution in [-0.4, -0.2) is 58.2 Å². The van der Waals surface area contributed by atoms with Crippen molar-refractivity contribution >= 4 is 45.8 Å². The van der Waals surface area contributed by atoms with Crippen LogP contribution in [0.3, 0.4) is 0 Å². The van der Waals surface area contributed by atoms with Gasteiger partial charge in [0.25, 0.3) is 0 Å². The SMILES string of the molecule is N#CC1CN(c2ncnc3cc(Cl)c(-c4ccc(Cl)cc4)cc23)CCN1C(=O)CCCO. The average Bonchev–Trinajstić information content (AvgIpc) is 2.82. The largest absolute Gasteiger partial charge is 0.396 e. The van der Waals surface area contributed by atoms with E-state index in [1.54, 1.807) is 4.90 Å². The lowest BCUT2D eigenvalue weighted by molar-refractivity contribution is -0.133. The Bertz CT molecular complexity index is 1180. The third-order valence-electron chi connectivity index (χ3n) is 5.56. The third kappa shape index (κ3) is 4.49. The highest BCUT2D eigenvalue weighted by Gasteiger charge is 2.31. The van der Waals surface area contributed by atoms with E-state index in [0.717, 1.165) is 16.5 Å². The van der Waals surface area contributed by atoms with Crippen LogP contribution in [0.4, 0.5) is 5.82 Å². The summed E-state index contributed by atoms with van der Waals surface area (Å²) in [5, 5.41) is 20.7. The molecule has 2 aromatic carbocycles. The second-order valence-corrected chi connectivity index (χ2v) is 8.40. The number of piperazine rings is 1. The molecular formula is C23H21Cl2N5O2. The summed E-state index contributed by atoms with van der Waals surface area (Å²) >= 11 is 12.6. The van der Waals surface area contributed by atoms with E-state index >= 15 is 0 Å². The number of carbonyl (C=O) groups excluding carboxylic acids is 1. The van der Waals surface area contributed by atoms with Gasteiger partial charge in [0.1, 0.15) is 18.2 Å². The van der Waals surface area contributed by atoms with Gasteiger partial charge in [-0.25, -0.2) is 9.97 Å². The molecule has 1 aliphatic rings. The predicted octanol–water partition coefficient (Wildman–Crippen LogP) is 3.92. The maximum atomic E-state index is 12.4. The van der Waals surface area contributed by atoms with Gasteiger partial charge in [0.15, 0.2) is 0 Å². The molecule has 1 fully saturated rings. The van der Waals surface area contributed by atoms with Gasteiger partial charge in [-0.15, -0.1) is 0 Å². The normalized spacial score (nSPS) is 16.2. The molecule has 1 atom stereocenters. The van der Waals surface area contributed by atoms with Crippen molar-refractivity contribution in [3.63, 3.8) is 0 Å². The summed E-state index contributed by atoms with van der Waals surface area (Å²) in [5.74, 6) is 0.583. The second-order valence-electron chi connectivity index (χ2n) is 7.56. The van der Waals surface area contributed by atoms with Crippen LogP contribution in [0.2, 0.25) is 10.0 Å². The summed E-state index contributed by atoms with van der Waals surface area (Å²) in [6, 6.07) is 12.8. The van der Waals surface area contributed by atoms with Gasteiger partial charge in [0.2, 0.25) is 5.91 Å². The van der Waals surface area contributed by atoms with Crippen LogP contribution in [-0.2, 0) is 4.79 Å². The minimum absolute atomic E-state index is 0.0473. The molecule has 1 unspecified atom stereocenters. The maximum Gasteiger partial charge on any atom is 0.223 e. The Balaban J connectivity index is 1.67. The molecule has 0 spiro atoms. The molecule has 1 N–H and O–H groups in total. The molecule has 0 saturated carbocycles. The van der Waals surface area contributed by atoms with Gasteiger partial charge in [0.05, 0.1) is 23.2 Å². The van der Waals surface area contributed by atoms with E-state index < -0.39 is 6.04 Å². The summed E-state index contributed by atoms with van der Waals surface area (Å²) in [7, 11) is 0. The topological polar surface area (TPSA) is 93.4 Å².